The predicted molar refractivity (Wildman–Crippen MR) is 107 cm³/mol. The molecule has 0 saturated carbocycles. The molecule has 0 unspecified atom stereocenters. The third-order valence-corrected chi connectivity index (χ3v) is 3.31. The van der Waals surface area contributed by atoms with Gasteiger partial charge in [-0.1, -0.05) is 0 Å². The van der Waals surface area contributed by atoms with Gasteiger partial charge >= 0.3 is 52.0 Å². The van der Waals surface area contributed by atoms with Crippen LogP contribution in [0.5, 0.6) is 0 Å². The Labute approximate surface area is 173 Å². The molecule has 4 fully saturated rings. The minimum absolute atomic E-state index is 1.00. The second-order valence-electron chi connectivity index (χ2n) is 5.53. The summed E-state index contributed by atoms with van der Waals surface area (Å²) < 4.78 is 19.8. The molecule has 4 aliphatic heterocycles. The van der Waals surface area contributed by atoms with Crippen molar-refractivity contribution < 1.29 is 40.4 Å². The molecule has 0 amide bonds. The molecule has 0 aliphatic carbocycles. The molecule has 0 bridgehead atoms. The van der Waals surface area contributed by atoms with Gasteiger partial charge in [0.05, 0.1) is 0 Å². The molecule has 4 saturated heterocycles. The van der Waals surface area contributed by atoms with Gasteiger partial charge in [0.2, 0.25) is 0 Å². The summed E-state index contributed by atoms with van der Waals surface area (Å²) >= 11 is -1.28. The van der Waals surface area contributed by atoms with E-state index in [-0.39, 0.29) is 0 Å². The number of ether oxygens (including phenoxy) is 4. The van der Waals surface area contributed by atoms with Gasteiger partial charge in [0.1, 0.15) is 0 Å². The summed E-state index contributed by atoms with van der Waals surface area (Å²) in [7, 11) is 9.98. The van der Waals surface area contributed by atoms with Crippen LogP contribution in [0.1, 0.15) is 51.4 Å². The van der Waals surface area contributed by atoms with Gasteiger partial charge < -0.3 is 18.9 Å². The molecule has 0 radical (unpaired) electrons. The molecular formula is C16H32Br3LaO4. The Kier molecular flexibility index (Phi) is 25.9. The Morgan fingerprint density at radius 3 is 0.542 bits per heavy atom. The average molecular weight is 667 g/mol. The van der Waals surface area contributed by atoms with E-state index in [1.165, 1.54) is 51.4 Å². The number of hydrogen-bond acceptors (Lipinski definition) is 4. The van der Waals surface area contributed by atoms with Crippen molar-refractivity contribution in [3.63, 3.8) is 0 Å². The third-order valence-electron chi connectivity index (χ3n) is 3.31. The van der Waals surface area contributed by atoms with E-state index in [2.05, 4.69) is 30.5 Å². The van der Waals surface area contributed by atoms with Crippen LogP contribution >= 0.6 is 30.5 Å². The standard InChI is InChI=1S/4C4H8O.3BrH.La/c4*1-2-4-5-3-1;;;;/h4*1-4H2;3*1H;/q;;;;;;;+3/p-3. The van der Waals surface area contributed by atoms with Gasteiger partial charge in [-0.2, -0.15) is 0 Å². The second-order valence-corrected chi connectivity index (χ2v) is 53.9. The van der Waals surface area contributed by atoms with Crippen LogP contribution < -0.4 is 0 Å². The second kappa shape index (κ2) is 23.5. The quantitative estimate of drug-likeness (QED) is 0.332. The topological polar surface area (TPSA) is 36.9 Å². The Bertz CT molecular complexity index is 150. The van der Waals surface area contributed by atoms with Crippen LogP contribution in [0, 0.1) is 21.5 Å². The molecular weight excluding hydrogens is 635 g/mol. The average Bonchev–Trinajstić information content (AvgIpc) is 3.46. The Morgan fingerprint density at radius 2 is 0.500 bits per heavy atom. The van der Waals surface area contributed by atoms with E-state index in [0.29, 0.717) is 0 Å². The maximum atomic E-state index is 4.94. The van der Waals surface area contributed by atoms with Gasteiger partial charge in [-0.25, -0.2) is 0 Å². The Balaban J connectivity index is 0.000000277. The van der Waals surface area contributed by atoms with Crippen molar-refractivity contribution in [1.82, 2.24) is 0 Å². The van der Waals surface area contributed by atoms with Crippen LogP contribution in [-0.2, 0) is 18.9 Å². The first kappa shape index (κ1) is 26.5. The Morgan fingerprint density at radius 1 is 0.375 bits per heavy atom. The number of rotatable bonds is 0. The fourth-order valence-corrected chi connectivity index (χ4v) is 2.04. The monoisotopic (exact) mass is 664 g/mol. The molecule has 0 N–H and O–H groups in total. The summed E-state index contributed by atoms with van der Waals surface area (Å²) in [6.45, 7) is 8.00. The molecule has 0 aromatic heterocycles. The van der Waals surface area contributed by atoms with Gasteiger partial charge in [0, 0.05) is 52.9 Å². The zero-order valence-electron chi connectivity index (χ0n) is 14.7. The summed E-state index contributed by atoms with van der Waals surface area (Å²) in [5, 5.41) is 0. The van der Waals surface area contributed by atoms with Crippen molar-refractivity contribution in [3.05, 3.63) is 0 Å². The normalized spacial score (nSPS) is 21.1. The molecule has 0 spiro atoms. The van der Waals surface area contributed by atoms with Gasteiger partial charge in [-0.3, -0.25) is 0 Å². The van der Waals surface area contributed by atoms with Crippen LogP contribution in [0.15, 0.2) is 0 Å². The fourth-order valence-electron chi connectivity index (χ4n) is 2.04. The van der Waals surface area contributed by atoms with E-state index in [9.17, 15) is 0 Å². The van der Waals surface area contributed by atoms with E-state index >= 15 is 0 Å². The summed E-state index contributed by atoms with van der Waals surface area (Å²) in [5.74, 6) is 0. The van der Waals surface area contributed by atoms with Gasteiger partial charge in [0.15, 0.2) is 0 Å². The van der Waals surface area contributed by atoms with Crippen LogP contribution in [0.25, 0.3) is 0 Å². The summed E-state index contributed by atoms with van der Waals surface area (Å²) in [6, 6.07) is 0. The number of halogens is 3. The van der Waals surface area contributed by atoms with E-state index < -0.39 is 21.5 Å². The zero-order chi connectivity index (χ0) is 17.7. The summed E-state index contributed by atoms with van der Waals surface area (Å²) in [6.07, 6.45) is 10.2. The van der Waals surface area contributed by atoms with Crippen molar-refractivity contribution in [2.45, 2.75) is 51.4 Å². The Hall–Kier alpha value is 2.47. The first-order valence-corrected chi connectivity index (χ1v) is 33.1. The summed E-state index contributed by atoms with van der Waals surface area (Å²) in [5.41, 5.74) is 0. The van der Waals surface area contributed by atoms with E-state index in [1.807, 2.05) is 0 Å². The molecule has 24 heavy (non-hydrogen) atoms. The van der Waals surface area contributed by atoms with Gasteiger partial charge in [-0.05, 0) is 51.4 Å². The molecule has 0 aromatic carbocycles. The first-order chi connectivity index (χ1) is 11.7. The van der Waals surface area contributed by atoms with Crippen molar-refractivity contribution in [2.75, 3.05) is 52.9 Å². The van der Waals surface area contributed by atoms with Crippen molar-refractivity contribution in [2.24, 2.45) is 0 Å². The number of hydrogen-bond donors (Lipinski definition) is 0. The molecule has 4 aliphatic rings. The van der Waals surface area contributed by atoms with Crippen molar-refractivity contribution >= 4 is 30.5 Å². The van der Waals surface area contributed by atoms with E-state index in [4.69, 9.17) is 18.9 Å². The van der Waals surface area contributed by atoms with Gasteiger partial charge in [0.25, 0.3) is 0 Å². The molecule has 144 valence electrons. The third kappa shape index (κ3) is 26.7. The van der Waals surface area contributed by atoms with Crippen LogP contribution in [-0.4, -0.2) is 52.9 Å². The molecule has 4 nitrogen and oxygen atoms in total. The SMILES string of the molecule is C1CCOC1.C1CCOC1.C1CCOC1.C1CCOC1.[Br][La]([Br])[Br]. The molecule has 8 heteroatoms. The maximum absolute atomic E-state index is 4.94. The van der Waals surface area contributed by atoms with E-state index in [1.54, 1.807) is 0 Å². The first-order valence-electron chi connectivity index (χ1n) is 8.96. The van der Waals surface area contributed by atoms with Gasteiger partial charge in [-0.15, -0.1) is 0 Å². The molecule has 0 aromatic rings. The van der Waals surface area contributed by atoms with E-state index in [0.717, 1.165) is 52.9 Å². The summed E-state index contributed by atoms with van der Waals surface area (Å²) in [4.78, 5) is 0. The van der Waals surface area contributed by atoms with Crippen molar-refractivity contribution in [1.29, 1.82) is 0 Å². The zero-order valence-corrected chi connectivity index (χ0v) is 23.0. The minimum atomic E-state index is -1.28. The molecule has 4 rings (SSSR count). The van der Waals surface area contributed by atoms with Crippen LogP contribution in [0.3, 0.4) is 0 Å². The van der Waals surface area contributed by atoms with Crippen molar-refractivity contribution in [3.8, 4) is 0 Å². The van der Waals surface area contributed by atoms with Crippen LogP contribution in [0.2, 0.25) is 0 Å². The predicted octanol–water partition coefficient (Wildman–Crippen LogP) is 5.72. The van der Waals surface area contributed by atoms with Crippen LogP contribution in [0.4, 0.5) is 0 Å². The molecule has 4 heterocycles. The fraction of sp³-hybridized carbons (Fsp3) is 1.00. The molecule has 0 atom stereocenters.